The van der Waals surface area contributed by atoms with Crippen LogP contribution in [0.2, 0.25) is 10.0 Å². The zero-order valence-corrected chi connectivity index (χ0v) is 39.9. The van der Waals surface area contributed by atoms with Crippen molar-refractivity contribution in [2.24, 2.45) is 17.6 Å². The van der Waals surface area contributed by atoms with E-state index >= 15 is 0 Å². The van der Waals surface area contributed by atoms with Crippen molar-refractivity contribution in [1.82, 2.24) is 20.1 Å². The van der Waals surface area contributed by atoms with E-state index < -0.39 is 11.8 Å². The number of halogens is 2. The molecule has 3 aromatic rings. The zero-order chi connectivity index (χ0) is 45.6. The molecule has 1 aromatic heterocycles. The number of aromatic nitrogens is 1. The Balaban J connectivity index is 0.000000378. The number of aryl methyl sites for hydroxylation is 1. The summed E-state index contributed by atoms with van der Waals surface area (Å²) >= 11 is 13.8. The van der Waals surface area contributed by atoms with E-state index in [1.165, 1.54) is 29.5 Å². The highest BCUT2D eigenvalue weighted by Crippen LogP contribution is 2.44. The molecule has 2 aromatic carbocycles. The lowest BCUT2D eigenvalue weighted by molar-refractivity contribution is -0.129. The fourth-order valence-electron chi connectivity index (χ4n) is 7.24. The number of fused-ring (bicyclic) bond motifs is 1. The second kappa shape index (κ2) is 23.7. The number of anilines is 1. The van der Waals surface area contributed by atoms with Crippen molar-refractivity contribution < 1.29 is 19.1 Å². The van der Waals surface area contributed by atoms with Crippen LogP contribution in [0.1, 0.15) is 124 Å². The lowest BCUT2D eigenvalue weighted by Crippen LogP contribution is -2.49. The summed E-state index contributed by atoms with van der Waals surface area (Å²) in [4.78, 5) is 45.6. The fourth-order valence-corrected chi connectivity index (χ4v) is 7.84. The van der Waals surface area contributed by atoms with Gasteiger partial charge in [0.05, 0.1) is 28.5 Å². The van der Waals surface area contributed by atoms with Crippen LogP contribution < -0.4 is 21.1 Å². The highest BCUT2D eigenvalue weighted by atomic mass is 35.5. The number of carbonyl (C=O) groups excluding carboxylic acids is 3. The number of nitrogens with zero attached hydrogens (tertiary/aromatic N) is 3. The van der Waals surface area contributed by atoms with Gasteiger partial charge in [0.25, 0.3) is 11.8 Å². The number of likely N-dealkylation sites (N-methyl/N-ethyl adjacent to an activating group) is 1. The number of nitrogens with two attached hydrogens (primary N) is 1. The minimum absolute atomic E-state index is 0.0178. The van der Waals surface area contributed by atoms with Gasteiger partial charge in [-0.25, -0.2) is 4.98 Å². The summed E-state index contributed by atoms with van der Waals surface area (Å²) in [5, 5.41) is 6.88. The number of benzene rings is 2. The molecule has 0 saturated carbocycles. The SMILES string of the molecule is C=C1N(C)C=C(C(=O)Nc2cccc(-c3cccc(-c4cc5c(c(OC)n4)C(C)CC5)c3Cl)c2Cl)C(=O)N1C.CCC(C)C(=O)NC(CC)(CC)CC[C@H](C)CC.CCCN. The molecule has 0 radical (unpaired) electrons. The lowest BCUT2D eigenvalue weighted by Gasteiger charge is -2.35. The minimum Gasteiger partial charge on any atom is -0.481 e. The van der Waals surface area contributed by atoms with Crippen LogP contribution >= 0.6 is 23.2 Å². The van der Waals surface area contributed by atoms with Crippen LogP contribution in [-0.4, -0.2) is 65.8 Å². The van der Waals surface area contributed by atoms with E-state index in [0.717, 1.165) is 74.2 Å². The standard InChI is InChI=1S/C30H28Cl2N4O3.C16H33NO.C3H9N/c1-16-12-13-18-14-24(34-29(39-5)25(16)18)21-10-6-8-19(26(21)31)20-9-7-11-23(27(20)32)33-28(37)22-15-35(3)17(2)36(4)30(22)38;1-7-13(5)11-12-16(9-3,10-4)17-15(18)14(6)8-2;1-2-3-4/h6-11,14-16H,2,12-13H2,1,3-5H3,(H,33,37);13-14H,7-12H2,1-6H3,(H,17,18);2-4H2,1H3/t;13-,14?;/m.1./s1. The molecule has 10 nitrogen and oxygen atoms in total. The van der Waals surface area contributed by atoms with Crippen LogP contribution in [0.5, 0.6) is 5.88 Å². The Morgan fingerprint density at radius 1 is 1.00 bits per heavy atom. The molecule has 0 fully saturated rings. The molecule has 1 aliphatic carbocycles. The molecule has 3 amide bonds. The number of nitrogens with one attached hydrogen (secondary N) is 2. The third-order valence-corrected chi connectivity index (χ3v) is 13.1. The van der Waals surface area contributed by atoms with Gasteiger partial charge in [-0.05, 0) is 87.4 Å². The van der Waals surface area contributed by atoms with Gasteiger partial charge in [-0.1, -0.05) is 122 Å². The van der Waals surface area contributed by atoms with Crippen LogP contribution in [0.4, 0.5) is 5.69 Å². The predicted molar refractivity (Wildman–Crippen MR) is 254 cm³/mol. The molecule has 4 N–H and O–H groups in total. The first kappa shape index (κ1) is 51.0. The molecule has 1 aliphatic heterocycles. The van der Waals surface area contributed by atoms with Crippen LogP contribution in [0.25, 0.3) is 22.4 Å². The average Bonchev–Trinajstić information content (AvgIpc) is 3.65. The first-order valence-corrected chi connectivity index (χ1v) is 22.6. The second-order valence-electron chi connectivity index (χ2n) is 16.4. The van der Waals surface area contributed by atoms with Crippen LogP contribution in [-0.2, 0) is 20.8 Å². The van der Waals surface area contributed by atoms with Gasteiger partial charge in [0.1, 0.15) is 11.4 Å². The van der Waals surface area contributed by atoms with Gasteiger partial charge in [0.15, 0.2) is 0 Å². The number of carbonyl (C=O) groups is 3. The summed E-state index contributed by atoms with van der Waals surface area (Å²) in [5.74, 6) is 1.58. The van der Waals surface area contributed by atoms with Crippen molar-refractivity contribution in [1.29, 1.82) is 0 Å². The second-order valence-corrected chi connectivity index (χ2v) is 17.1. The van der Waals surface area contributed by atoms with Gasteiger partial charge in [-0.15, -0.1) is 0 Å². The number of methoxy groups -OCH3 is 1. The molecule has 2 unspecified atom stereocenters. The van der Waals surface area contributed by atoms with Gasteiger partial charge in [-0.3, -0.25) is 19.3 Å². The van der Waals surface area contributed by atoms with Crippen molar-refractivity contribution in [2.45, 2.75) is 125 Å². The van der Waals surface area contributed by atoms with Crippen LogP contribution in [0.15, 0.2) is 66.6 Å². The third kappa shape index (κ3) is 12.6. The van der Waals surface area contributed by atoms with Crippen LogP contribution in [0, 0.1) is 11.8 Å². The summed E-state index contributed by atoms with van der Waals surface area (Å²) < 4.78 is 5.64. The number of rotatable bonds is 15. The van der Waals surface area contributed by atoms with E-state index in [0.29, 0.717) is 44.5 Å². The van der Waals surface area contributed by atoms with Crippen molar-refractivity contribution in [3.05, 3.63) is 87.8 Å². The normalized spacial score (nSPS) is 15.7. The van der Waals surface area contributed by atoms with E-state index in [1.807, 2.05) is 31.2 Å². The maximum absolute atomic E-state index is 13.1. The Morgan fingerprint density at radius 2 is 1.61 bits per heavy atom. The third-order valence-electron chi connectivity index (χ3n) is 12.3. The molecule has 0 bridgehead atoms. The molecule has 334 valence electrons. The quantitative estimate of drug-likeness (QED) is 0.130. The van der Waals surface area contributed by atoms with Crippen LogP contribution in [0.3, 0.4) is 0 Å². The summed E-state index contributed by atoms with van der Waals surface area (Å²) in [6, 6.07) is 13.0. The van der Waals surface area contributed by atoms with Gasteiger partial charge in [-0.2, -0.15) is 0 Å². The maximum Gasteiger partial charge on any atom is 0.266 e. The van der Waals surface area contributed by atoms with E-state index in [1.54, 1.807) is 38.2 Å². The van der Waals surface area contributed by atoms with E-state index in [9.17, 15) is 14.4 Å². The molecule has 3 atom stereocenters. The Bertz CT molecular complexity index is 2030. The molecular weight excluding hydrogens is 807 g/mol. The molecule has 0 saturated heterocycles. The molecule has 61 heavy (non-hydrogen) atoms. The fraction of sp³-hybridized carbons (Fsp3) is 0.510. The maximum atomic E-state index is 13.1. The average molecular weight is 878 g/mol. The number of hydrogen-bond acceptors (Lipinski definition) is 7. The smallest absolute Gasteiger partial charge is 0.266 e. The van der Waals surface area contributed by atoms with Crippen molar-refractivity contribution in [3.8, 4) is 28.3 Å². The van der Waals surface area contributed by atoms with E-state index in [-0.39, 0.29) is 22.9 Å². The summed E-state index contributed by atoms with van der Waals surface area (Å²) in [6.07, 6.45) is 11.1. The first-order valence-electron chi connectivity index (χ1n) is 21.9. The molecule has 2 aliphatic rings. The number of pyridine rings is 1. The number of hydrogen-bond donors (Lipinski definition) is 3. The van der Waals surface area contributed by atoms with Gasteiger partial charge < -0.3 is 26.0 Å². The molecular formula is C49H70Cl2N6O4. The monoisotopic (exact) mass is 876 g/mol. The largest absolute Gasteiger partial charge is 0.481 e. The highest BCUT2D eigenvalue weighted by molar-refractivity contribution is 6.40. The minimum atomic E-state index is -0.575. The molecule has 2 heterocycles. The zero-order valence-electron chi connectivity index (χ0n) is 38.4. The summed E-state index contributed by atoms with van der Waals surface area (Å²) in [5.41, 5.74) is 10.6. The topological polar surface area (TPSA) is 130 Å². The first-order chi connectivity index (χ1) is 29.0. The van der Waals surface area contributed by atoms with Crippen molar-refractivity contribution in [2.75, 3.05) is 33.1 Å². The van der Waals surface area contributed by atoms with E-state index in [4.69, 9.17) is 38.7 Å². The highest BCUT2D eigenvalue weighted by Gasteiger charge is 2.31. The Labute approximate surface area is 375 Å². The Morgan fingerprint density at radius 3 is 2.18 bits per heavy atom. The van der Waals surface area contributed by atoms with Gasteiger partial charge >= 0.3 is 0 Å². The molecule has 5 rings (SSSR count). The summed E-state index contributed by atoms with van der Waals surface area (Å²) in [7, 11) is 4.92. The number of amides is 3. The molecule has 12 heteroatoms. The van der Waals surface area contributed by atoms with Crippen molar-refractivity contribution in [3.63, 3.8) is 0 Å². The molecule has 0 spiro atoms. The number of ether oxygens (including phenoxy) is 1. The summed E-state index contributed by atoms with van der Waals surface area (Å²) in [6.45, 7) is 21.9. The predicted octanol–water partition coefficient (Wildman–Crippen LogP) is 11.4. The Hall–Kier alpha value is -4.38. The lowest BCUT2D eigenvalue weighted by atomic mass is 9.84. The Kier molecular flexibility index (Phi) is 19.8. The van der Waals surface area contributed by atoms with Gasteiger partial charge in [0.2, 0.25) is 11.8 Å². The van der Waals surface area contributed by atoms with Crippen molar-refractivity contribution >= 4 is 46.6 Å². The van der Waals surface area contributed by atoms with E-state index in [2.05, 4.69) is 71.7 Å². The van der Waals surface area contributed by atoms with Gasteiger partial charge in [0, 0.05) is 54.0 Å².